The number of carbonyl (C=O) groups is 3. The summed E-state index contributed by atoms with van der Waals surface area (Å²) in [6.45, 7) is 11.9. The van der Waals surface area contributed by atoms with Crippen molar-refractivity contribution in [1.82, 2.24) is 29.9 Å². The molecule has 2 aliphatic heterocycles. The molecule has 18 heteroatoms. The maximum absolute atomic E-state index is 11.5. The second-order valence-corrected chi connectivity index (χ2v) is 13.3. The molecule has 0 unspecified atom stereocenters. The largest absolute Gasteiger partial charge is 0.457 e. The number of aromatic amines is 1. The molecule has 1 N–H and O–H groups in total. The number of ether oxygens (including phenoxy) is 5. The minimum absolute atomic E-state index is 0.0262. The number of fused-ring (bicyclic) bond motifs is 2. The van der Waals surface area contributed by atoms with E-state index in [0.717, 1.165) is 18.2 Å². The summed E-state index contributed by atoms with van der Waals surface area (Å²) < 4.78 is 28.8. The zero-order valence-corrected chi connectivity index (χ0v) is 31.4. The van der Waals surface area contributed by atoms with Crippen LogP contribution in [-0.2, 0) is 38.1 Å². The standard InChI is InChI=1S/C15H17Cl2N3O3.C11H18O5.C6H3Cl2N3/c1-4-11-7(2)13(22-8(3)21)15(23-11)20-14-9(6-18-20)10(16)5-12(17)19-14;1-5-9-6(2)10(14-7(3)12)11(16-9)15-8(4)13;7-4-1-5(8)10-6-3(4)2-9-11-6/h5-7,11,13,15H,4H2,1-3H3;6,9-11H,5H2,1-4H3;1-2H,(H,9,10,11)/t7-,11-,13-,15-;6-,9-,10-,11-;/m11./s1. The summed E-state index contributed by atoms with van der Waals surface area (Å²) in [6.07, 6.45) is 2.46. The maximum atomic E-state index is 11.5. The van der Waals surface area contributed by atoms with Gasteiger partial charge in [-0.2, -0.15) is 10.2 Å². The monoisotopic (exact) mass is 774 g/mol. The molecule has 2 fully saturated rings. The fraction of sp³-hybridized carbons (Fsp3) is 0.531. The topological polar surface area (TPSA) is 170 Å². The smallest absolute Gasteiger partial charge is 0.305 e. The van der Waals surface area contributed by atoms with Gasteiger partial charge in [0.25, 0.3) is 0 Å². The summed E-state index contributed by atoms with van der Waals surface area (Å²) in [5.74, 6) is -1.12. The van der Waals surface area contributed by atoms with Crippen molar-refractivity contribution in [2.24, 2.45) is 11.8 Å². The highest BCUT2D eigenvalue weighted by Crippen LogP contribution is 2.39. The lowest BCUT2D eigenvalue weighted by molar-refractivity contribution is -0.194. The fourth-order valence-electron chi connectivity index (χ4n) is 5.79. The molecule has 4 aromatic heterocycles. The highest BCUT2D eigenvalue weighted by atomic mass is 35.5. The number of nitrogens with zero attached hydrogens (tertiary/aromatic N) is 5. The van der Waals surface area contributed by atoms with E-state index >= 15 is 0 Å². The summed E-state index contributed by atoms with van der Waals surface area (Å²) in [4.78, 5) is 41.6. The third-order valence-corrected chi connectivity index (χ3v) is 9.15. The zero-order chi connectivity index (χ0) is 36.9. The van der Waals surface area contributed by atoms with Gasteiger partial charge in [0, 0.05) is 32.6 Å². The van der Waals surface area contributed by atoms with Gasteiger partial charge in [-0.1, -0.05) is 74.1 Å². The Kier molecular flexibility index (Phi) is 13.7. The first kappa shape index (κ1) is 39.5. The van der Waals surface area contributed by atoms with Crippen molar-refractivity contribution in [2.75, 3.05) is 0 Å². The lowest BCUT2D eigenvalue weighted by Crippen LogP contribution is -2.33. The zero-order valence-electron chi connectivity index (χ0n) is 28.4. The molecule has 272 valence electrons. The van der Waals surface area contributed by atoms with Crippen molar-refractivity contribution in [3.8, 4) is 0 Å². The Bertz CT molecular complexity index is 1820. The Balaban J connectivity index is 0.000000181. The number of rotatable bonds is 6. The van der Waals surface area contributed by atoms with Crippen molar-refractivity contribution < 1.29 is 38.1 Å². The van der Waals surface area contributed by atoms with Crippen molar-refractivity contribution in [3.05, 3.63) is 44.9 Å². The Morgan fingerprint density at radius 3 is 1.92 bits per heavy atom. The van der Waals surface area contributed by atoms with Gasteiger partial charge in [-0.25, -0.2) is 14.6 Å². The van der Waals surface area contributed by atoms with E-state index in [4.69, 9.17) is 70.1 Å². The van der Waals surface area contributed by atoms with E-state index < -0.39 is 36.7 Å². The number of carbonyl (C=O) groups excluding carboxylic acids is 3. The first-order valence-electron chi connectivity index (χ1n) is 15.8. The molecule has 0 amide bonds. The molecule has 0 saturated carbocycles. The van der Waals surface area contributed by atoms with Crippen LogP contribution >= 0.6 is 46.4 Å². The SMILES string of the molecule is CC[C@H]1O[C@@H](OC(C)=O)[C@H](OC(C)=O)[C@@H]1C.CC[C@H]1O[C@@H](n2ncc3c(Cl)cc(Cl)nc32)[C@H](OC(C)=O)[C@@H]1C.Clc1cc(Cl)c2cn[nH]c2n1. The van der Waals surface area contributed by atoms with Gasteiger partial charge in [0.1, 0.15) is 10.3 Å². The van der Waals surface area contributed by atoms with E-state index in [-0.39, 0.29) is 35.2 Å². The molecule has 6 heterocycles. The van der Waals surface area contributed by atoms with Crippen LogP contribution in [0.25, 0.3) is 22.1 Å². The lowest BCUT2D eigenvalue weighted by Gasteiger charge is -2.21. The Labute approximate surface area is 308 Å². The first-order valence-corrected chi connectivity index (χ1v) is 17.3. The number of nitrogens with one attached hydrogen (secondary N) is 1. The molecule has 0 spiro atoms. The Morgan fingerprint density at radius 2 is 1.32 bits per heavy atom. The molecule has 50 heavy (non-hydrogen) atoms. The van der Waals surface area contributed by atoms with E-state index in [0.29, 0.717) is 31.9 Å². The predicted octanol–water partition coefficient (Wildman–Crippen LogP) is 7.13. The van der Waals surface area contributed by atoms with Gasteiger partial charge in [-0.3, -0.25) is 19.5 Å². The van der Waals surface area contributed by atoms with Crippen LogP contribution in [0.1, 0.15) is 67.5 Å². The fourth-order valence-corrected chi connectivity index (χ4v) is 6.76. The van der Waals surface area contributed by atoms with Gasteiger partial charge in [0.2, 0.25) is 6.29 Å². The number of esters is 3. The second kappa shape index (κ2) is 17.3. The van der Waals surface area contributed by atoms with Crippen molar-refractivity contribution >= 4 is 86.4 Å². The van der Waals surface area contributed by atoms with Crippen LogP contribution in [0.15, 0.2) is 24.5 Å². The second-order valence-electron chi connectivity index (χ2n) is 11.7. The number of pyridine rings is 2. The van der Waals surface area contributed by atoms with E-state index in [2.05, 4.69) is 25.3 Å². The highest BCUT2D eigenvalue weighted by molar-refractivity contribution is 6.38. The molecule has 4 aromatic rings. The van der Waals surface area contributed by atoms with Crippen LogP contribution in [-0.4, -0.2) is 78.6 Å². The third-order valence-electron chi connectivity index (χ3n) is 8.14. The molecule has 0 aromatic carbocycles. The van der Waals surface area contributed by atoms with Gasteiger partial charge in [0.15, 0.2) is 29.7 Å². The van der Waals surface area contributed by atoms with Gasteiger partial charge in [-0.05, 0) is 25.0 Å². The summed E-state index contributed by atoms with van der Waals surface area (Å²) in [7, 11) is 0. The molecule has 6 rings (SSSR count). The number of halogens is 4. The number of hydrogen-bond acceptors (Lipinski definition) is 12. The molecule has 0 bridgehead atoms. The summed E-state index contributed by atoms with van der Waals surface area (Å²) in [5.41, 5.74) is 1.12. The van der Waals surface area contributed by atoms with Crippen molar-refractivity contribution in [3.63, 3.8) is 0 Å². The molecule has 0 radical (unpaired) electrons. The van der Waals surface area contributed by atoms with Crippen LogP contribution in [0.2, 0.25) is 20.4 Å². The highest BCUT2D eigenvalue weighted by Gasteiger charge is 2.46. The maximum Gasteiger partial charge on any atom is 0.305 e. The molecule has 8 atom stereocenters. The average Bonchev–Trinajstić information content (AvgIpc) is 3.80. The summed E-state index contributed by atoms with van der Waals surface area (Å²) in [6, 6.07) is 3.15. The van der Waals surface area contributed by atoms with Crippen LogP contribution in [0.5, 0.6) is 0 Å². The van der Waals surface area contributed by atoms with Crippen LogP contribution < -0.4 is 0 Å². The number of H-pyrrole nitrogens is 1. The lowest BCUT2D eigenvalue weighted by atomic mass is 9.98. The normalized spacial score (nSPS) is 25.7. The first-order chi connectivity index (χ1) is 23.6. The quantitative estimate of drug-likeness (QED) is 0.120. The third kappa shape index (κ3) is 9.33. The minimum atomic E-state index is -0.777. The summed E-state index contributed by atoms with van der Waals surface area (Å²) >= 11 is 23.6. The van der Waals surface area contributed by atoms with Crippen molar-refractivity contribution in [1.29, 1.82) is 0 Å². The molecule has 0 aliphatic carbocycles. The number of aromatic nitrogens is 6. The van der Waals surface area contributed by atoms with Crippen LogP contribution in [0, 0.1) is 11.8 Å². The summed E-state index contributed by atoms with van der Waals surface area (Å²) in [5, 5.41) is 13.9. The van der Waals surface area contributed by atoms with E-state index in [1.165, 1.54) is 20.8 Å². The van der Waals surface area contributed by atoms with Gasteiger partial charge >= 0.3 is 17.9 Å². The number of hydrogen-bond donors (Lipinski definition) is 1. The Hall–Kier alpha value is -3.27. The van der Waals surface area contributed by atoms with Crippen molar-refractivity contribution in [2.45, 2.75) is 98.2 Å². The minimum Gasteiger partial charge on any atom is -0.457 e. The Morgan fingerprint density at radius 1 is 0.780 bits per heavy atom. The van der Waals surface area contributed by atoms with Crippen LogP contribution in [0.3, 0.4) is 0 Å². The molecular weight excluding hydrogens is 738 g/mol. The molecule has 14 nitrogen and oxygen atoms in total. The van der Waals surface area contributed by atoms with E-state index in [1.807, 2.05) is 27.7 Å². The van der Waals surface area contributed by atoms with Gasteiger partial charge in [-0.15, -0.1) is 0 Å². The molecule has 2 saturated heterocycles. The van der Waals surface area contributed by atoms with E-state index in [9.17, 15) is 14.4 Å². The van der Waals surface area contributed by atoms with Gasteiger partial charge in [0.05, 0.1) is 45.4 Å². The van der Waals surface area contributed by atoms with Crippen LogP contribution in [0.4, 0.5) is 0 Å². The average molecular weight is 777 g/mol. The molecular formula is C32H38Cl4N6O8. The van der Waals surface area contributed by atoms with Gasteiger partial charge < -0.3 is 23.7 Å². The molecule has 2 aliphatic rings. The predicted molar refractivity (Wildman–Crippen MR) is 186 cm³/mol. The van der Waals surface area contributed by atoms with E-state index in [1.54, 1.807) is 29.2 Å².